The number of ketones is 1. The Kier molecular flexibility index (Phi) is 2.81. The molecule has 2 atom stereocenters. The van der Waals surface area contributed by atoms with Crippen LogP contribution in [0.25, 0.3) is 0 Å². The number of Topliss-reactive ketones (excluding diaryl/α,β-unsaturated/α-hetero) is 1. The van der Waals surface area contributed by atoms with Crippen molar-refractivity contribution in [3.05, 3.63) is 29.6 Å². The monoisotopic (exact) mass is 256 g/mol. The first-order chi connectivity index (χ1) is 7.80. The number of halogens is 1. The molecule has 3 nitrogen and oxygen atoms in total. The average Bonchev–Trinajstić information content (AvgIpc) is 2.94. The van der Waals surface area contributed by atoms with E-state index in [1.54, 1.807) is 6.07 Å². The molecule has 0 bridgehead atoms. The largest absolute Gasteiger partial charge is 0.300 e. The van der Waals surface area contributed by atoms with Gasteiger partial charge in [-0.15, -0.1) is 0 Å². The van der Waals surface area contributed by atoms with Crippen LogP contribution in [-0.2, 0) is 14.6 Å². The molecule has 0 heterocycles. The topological polar surface area (TPSA) is 51.2 Å². The number of benzene rings is 1. The summed E-state index contributed by atoms with van der Waals surface area (Å²) in [4.78, 5) is 10.8. The third kappa shape index (κ3) is 2.39. The Bertz CT molecular complexity index is 577. The molecule has 0 aliphatic heterocycles. The Hall–Kier alpha value is -1.23. The first-order valence-corrected chi connectivity index (χ1v) is 7.20. The summed E-state index contributed by atoms with van der Waals surface area (Å²) in [7, 11) is -3.53. The van der Waals surface area contributed by atoms with Crippen molar-refractivity contribution in [2.75, 3.05) is 6.26 Å². The van der Waals surface area contributed by atoms with Gasteiger partial charge in [0.25, 0.3) is 0 Å². The highest BCUT2D eigenvalue weighted by molar-refractivity contribution is 7.90. The summed E-state index contributed by atoms with van der Waals surface area (Å²) >= 11 is 0. The van der Waals surface area contributed by atoms with Crippen molar-refractivity contribution in [2.24, 2.45) is 5.92 Å². The normalized spacial score (nSPS) is 23.5. The lowest BCUT2D eigenvalue weighted by Crippen LogP contribution is -2.02. The number of carbonyl (C=O) groups excluding carboxylic acids is 1. The molecular weight excluding hydrogens is 243 g/mol. The summed E-state index contributed by atoms with van der Waals surface area (Å²) in [5, 5.41) is 0. The Balaban J connectivity index is 2.31. The second-order valence-electron chi connectivity index (χ2n) is 4.52. The molecule has 1 fully saturated rings. The highest BCUT2D eigenvalue weighted by atomic mass is 32.2. The molecule has 0 spiro atoms. The molecular formula is C12H13FO3S. The molecule has 1 aromatic carbocycles. The van der Waals surface area contributed by atoms with Crippen molar-refractivity contribution in [3.8, 4) is 0 Å². The van der Waals surface area contributed by atoms with Crippen LogP contribution in [0.1, 0.15) is 24.8 Å². The van der Waals surface area contributed by atoms with Crippen molar-refractivity contribution in [1.29, 1.82) is 0 Å². The first-order valence-electron chi connectivity index (χ1n) is 5.30. The fourth-order valence-electron chi connectivity index (χ4n) is 2.06. The molecule has 1 aromatic rings. The van der Waals surface area contributed by atoms with E-state index in [9.17, 15) is 17.6 Å². The van der Waals surface area contributed by atoms with Crippen molar-refractivity contribution in [1.82, 2.24) is 0 Å². The molecule has 92 valence electrons. The maximum absolute atomic E-state index is 13.6. The van der Waals surface area contributed by atoms with Gasteiger partial charge in [0.15, 0.2) is 9.84 Å². The van der Waals surface area contributed by atoms with Crippen LogP contribution in [0, 0.1) is 11.7 Å². The highest BCUT2D eigenvalue weighted by Gasteiger charge is 2.42. The van der Waals surface area contributed by atoms with Crippen LogP contribution >= 0.6 is 0 Å². The average molecular weight is 256 g/mol. The molecule has 2 rings (SSSR count). The molecule has 0 N–H and O–H groups in total. The predicted molar refractivity (Wildman–Crippen MR) is 61.0 cm³/mol. The highest BCUT2D eigenvalue weighted by Crippen LogP contribution is 2.48. The summed E-state index contributed by atoms with van der Waals surface area (Å²) < 4.78 is 36.1. The molecule has 0 amide bonds. The van der Waals surface area contributed by atoms with Gasteiger partial charge in [0.1, 0.15) is 16.5 Å². The van der Waals surface area contributed by atoms with Crippen molar-refractivity contribution in [2.45, 2.75) is 24.2 Å². The minimum absolute atomic E-state index is 0.0292. The summed E-state index contributed by atoms with van der Waals surface area (Å²) in [6.07, 6.45) is 1.70. The Morgan fingerprint density at radius 1 is 1.41 bits per heavy atom. The van der Waals surface area contributed by atoms with Crippen LogP contribution in [0.15, 0.2) is 23.1 Å². The second kappa shape index (κ2) is 3.91. The molecule has 17 heavy (non-hydrogen) atoms. The van der Waals surface area contributed by atoms with Gasteiger partial charge in [-0.25, -0.2) is 12.8 Å². The van der Waals surface area contributed by atoms with E-state index >= 15 is 0 Å². The molecule has 0 aromatic heterocycles. The zero-order chi connectivity index (χ0) is 12.8. The third-order valence-electron chi connectivity index (χ3n) is 3.10. The van der Waals surface area contributed by atoms with Gasteiger partial charge in [-0.3, -0.25) is 4.79 Å². The maximum Gasteiger partial charge on any atom is 0.178 e. The molecule has 1 unspecified atom stereocenters. The Morgan fingerprint density at radius 3 is 2.47 bits per heavy atom. The van der Waals surface area contributed by atoms with Gasteiger partial charge in [0.2, 0.25) is 0 Å². The molecule has 5 heteroatoms. The number of carbonyl (C=O) groups is 1. The van der Waals surface area contributed by atoms with E-state index < -0.39 is 15.7 Å². The van der Waals surface area contributed by atoms with E-state index in [1.165, 1.54) is 19.1 Å². The van der Waals surface area contributed by atoms with E-state index in [2.05, 4.69) is 0 Å². The van der Waals surface area contributed by atoms with Crippen molar-refractivity contribution in [3.63, 3.8) is 0 Å². The van der Waals surface area contributed by atoms with Crippen molar-refractivity contribution < 1.29 is 17.6 Å². The lowest BCUT2D eigenvalue weighted by atomic mass is 10.1. The smallest absolute Gasteiger partial charge is 0.178 e. The zero-order valence-electron chi connectivity index (χ0n) is 9.60. The van der Waals surface area contributed by atoms with Crippen LogP contribution in [0.2, 0.25) is 0 Å². The summed E-state index contributed by atoms with van der Waals surface area (Å²) in [6, 6.07) is 4.09. The molecule has 1 saturated carbocycles. The maximum atomic E-state index is 13.6. The van der Waals surface area contributed by atoms with E-state index in [0.717, 1.165) is 12.7 Å². The standard InChI is InChI=1S/C12H13FO3S/c1-7(14)9-6-10(9)8-3-4-12(11(13)5-8)17(2,15)16/h3-5,9-10H,6H2,1-2H3/t9-,10?/m0/s1. The Morgan fingerprint density at radius 2 is 2.06 bits per heavy atom. The summed E-state index contributed by atoms with van der Waals surface area (Å²) in [5.41, 5.74) is 0.704. The number of sulfone groups is 1. The van der Waals surface area contributed by atoms with Gasteiger partial charge >= 0.3 is 0 Å². The van der Waals surface area contributed by atoms with E-state index in [0.29, 0.717) is 5.56 Å². The Labute approximate surface area is 99.6 Å². The van der Waals surface area contributed by atoms with Crippen LogP contribution in [0.4, 0.5) is 4.39 Å². The third-order valence-corrected chi connectivity index (χ3v) is 4.23. The van der Waals surface area contributed by atoms with Gasteiger partial charge in [-0.1, -0.05) is 6.07 Å². The van der Waals surface area contributed by atoms with E-state index in [4.69, 9.17) is 0 Å². The number of hydrogen-bond acceptors (Lipinski definition) is 3. The SMILES string of the molecule is CC(=O)[C@@H]1CC1c1ccc(S(C)(=O)=O)c(F)c1. The quantitative estimate of drug-likeness (QED) is 0.830. The number of rotatable bonds is 3. The number of hydrogen-bond donors (Lipinski definition) is 0. The van der Waals surface area contributed by atoms with Gasteiger partial charge in [0.05, 0.1) is 0 Å². The van der Waals surface area contributed by atoms with Gasteiger partial charge in [-0.05, 0) is 37.0 Å². The molecule has 0 saturated heterocycles. The van der Waals surface area contributed by atoms with E-state index in [1.807, 2.05) is 0 Å². The van der Waals surface area contributed by atoms with Crippen LogP contribution in [0.5, 0.6) is 0 Å². The van der Waals surface area contributed by atoms with Crippen LogP contribution in [0.3, 0.4) is 0 Å². The first kappa shape index (κ1) is 12.2. The summed E-state index contributed by atoms with van der Waals surface area (Å²) in [5.74, 6) is -0.615. The predicted octanol–water partition coefficient (Wildman–Crippen LogP) is 1.92. The lowest BCUT2D eigenvalue weighted by molar-refractivity contribution is -0.118. The molecule has 1 aliphatic rings. The minimum Gasteiger partial charge on any atom is -0.300 e. The zero-order valence-corrected chi connectivity index (χ0v) is 10.4. The fourth-order valence-corrected chi connectivity index (χ4v) is 2.79. The van der Waals surface area contributed by atoms with Crippen molar-refractivity contribution >= 4 is 15.6 Å². The summed E-state index contributed by atoms with van der Waals surface area (Å²) in [6.45, 7) is 1.52. The van der Waals surface area contributed by atoms with Gasteiger partial charge in [-0.2, -0.15) is 0 Å². The van der Waals surface area contributed by atoms with Gasteiger partial charge < -0.3 is 0 Å². The second-order valence-corrected chi connectivity index (χ2v) is 6.51. The molecule has 1 aliphatic carbocycles. The fraction of sp³-hybridized carbons (Fsp3) is 0.417. The van der Waals surface area contributed by atoms with E-state index in [-0.39, 0.29) is 22.5 Å². The minimum atomic E-state index is -3.53. The van der Waals surface area contributed by atoms with Gasteiger partial charge in [0, 0.05) is 12.2 Å². The van der Waals surface area contributed by atoms with Crippen LogP contribution in [-0.4, -0.2) is 20.5 Å². The lowest BCUT2D eigenvalue weighted by Gasteiger charge is -2.04. The molecule has 0 radical (unpaired) electrons. The van der Waals surface area contributed by atoms with Crippen LogP contribution < -0.4 is 0 Å².